The minimum atomic E-state index is -4.67. The third-order valence-corrected chi connectivity index (χ3v) is 3.23. The molecule has 0 bridgehead atoms. The second-order valence-electron chi connectivity index (χ2n) is 3.73. The molecule has 8 heteroatoms. The first-order valence-electron chi connectivity index (χ1n) is 5.34. The van der Waals surface area contributed by atoms with E-state index in [1.54, 1.807) is 18.2 Å². The number of hydrogen-bond donors (Lipinski definition) is 0. The number of hydrogen-bond acceptors (Lipinski definition) is 3. The number of halogens is 5. The molecule has 0 aliphatic carbocycles. The molecule has 0 amide bonds. The van der Waals surface area contributed by atoms with E-state index in [1.807, 2.05) is 6.07 Å². The Balaban J connectivity index is 2.18. The molecule has 3 nitrogen and oxygen atoms in total. The Morgan fingerprint density at radius 1 is 1.20 bits per heavy atom. The quantitative estimate of drug-likeness (QED) is 0.750. The Morgan fingerprint density at radius 3 is 2.55 bits per heavy atom. The minimum Gasteiger partial charge on any atom is -0.473 e. The van der Waals surface area contributed by atoms with E-state index in [2.05, 4.69) is 25.9 Å². The van der Waals surface area contributed by atoms with E-state index in [0.29, 0.717) is 0 Å². The van der Waals surface area contributed by atoms with Gasteiger partial charge in [-0.3, -0.25) is 0 Å². The van der Waals surface area contributed by atoms with Gasteiger partial charge in [0, 0.05) is 16.1 Å². The predicted octanol–water partition coefficient (Wildman–Crippen LogP) is 4.49. The van der Waals surface area contributed by atoms with Gasteiger partial charge in [-0.05, 0) is 6.07 Å². The molecule has 0 saturated heterocycles. The van der Waals surface area contributed by atoms with Crippen molar-refractivity contribution in [2.45, 2.75) is 12.8 Å². The fourth-order valence-corrected chi connectivity index (χ4v) is 1.94. The maximum Gasteiger partial charge on any atom is 0.451 e. The van der Waals surface area contributed by atoms with Crippen LogP contribution >= 0.6 is 27.5 Å². The summed E-state index contributed by atoms with van der Waals surface area (Å²) in [4.78, 5) is 6.41. The van der Waals surface area contributed by atoms with E-state index in [1.165, 1.54) is 0 Å². The number of alkyl halides is 3. The fourth-order valence-electron chi connectivity index (χ4n) is 1.36. The highest BCUT2D eigenvalue weighted by Crippen LogP contribution is 2.29. The molecular formula is C12H7BrClF3N2O. The van der Waals surface area contributed by atoms with Crippen molar-refractivity contribution < 1.29 is 17.9 Å². The Labute approximate surface area is 125 Å². The largest absolute Gasteiger partial charge is 0.473 e. The van der Waals surface area contributed by atoms with Gasteiger partial charge < -0.3 is 4.74 Å². The van der Waals surface area contributed by atoms with Crippen LogP contribution in [-0.4, -0.2) is 9.97 Å². The van der Waals surface area contributed by atoms with Gasteiger partial charge in [0.1, 0.15) is 11.8 Å². The van der Waals surface area contributed by atoms with Crippen LogP contribution in [0.3, 0.4) is 0 Å². The van der Waals surface area contributed by atoms with Crippen molar-refractivity contribution in [3.8, 4) is 5.88 Å². The number of benzene rings is 1. The average molecular weight is 368 g/mol. The van der Waals surface area contributed by atoms with Crippen molar-refractivity contribution in [3.05, 3.63) is 51.3 Å². The van der Waals surface area contributed by atoms with E-state index in [-0.39, 0.29) is 17.6 Å². The van der Waals surface area contributed by atoms with Crippen LogP contribution in [0.1, 0.15) is 11.4 Å². The second-order valence-corrected chi connectivity index (χ2v) is 4.97. The van der Waals surface area contributed by atoms with E-state index in [9.17, 15) is 13.2 Å². The molecular weight excluding hydrogens is 360 g/mol. The summed E-state index contributed by atoms with van der Waals surface area (Å²) in [5.74, 6) is -1.56. The highest BCUT2D eigenvalue weighted by Gasteiger charge is 2.35. The third kappa shape index (κ3) is 3.83. The van der Waals surface area contributed by atoms with Gasteiger partial charge in [0.15, 0.2) is 0 Å². The SMILES string of the molecule is FC(F)(F)c1nc(Cl)cc(OCc2ccccc2Br)n1. The molecule has 1 aromatic carbocycles. The lowest BCUT2D eigenvalue weighted by Gasteiger charge is -2.10. The normalized spacial score (nSPS) is 11.4. The monoisotopic (exact) mass is 366 g/mol. The first-order valence-corrected chi connectivity index (χ1v) is 6.51. The summed E-state index contributed by atoms with van der Waals surface area (Å²) in [6, 6.07) is 8.31. The summed E-state index contributed by atoms with van der Waals surface area (Å²) in [6.07, 6.45) is -4.67. The second kappa shape index (κ2) is 5.97. The lowest BCUT2D eigenvalue weighted by atomic mass is 10.2. The van der Waals surface area contributed by atoms with Crippen LogP contribution in [-0.2, 0) is 12.8 Å². The van der Waals surface area contributed by atoms with Crippen LogP contribution in [0, 0.1) is 0 Å². The minimum absolute atomic E-state index is 0.0616. The lowest BCUT2D eigenvalue weighted by Crippen LogP contribution is -2.12. The van der Waals surface area contributed by atoms with Gasteiger partial charge in [0.05, 0.1) is 0 Å². The van der Waals surface area contributed by atoms with Crippen molar-refractivity contribution in [3.63, 3.8) is 0 Å². The molecule has 1 aromatic heterocycles. The maximum atomic E-state index is 12.5. The fraction of sp³-hybridized carbons (Fsp3) is 0.167. The Kier molecular flexibility index (Phi) is 4.49. The van der Waals surface area contributed by atoms with E-state index in [4.69, 9.17) is 16.3 Å². The van der Waals surface area contributed by atoms with Crippen molar-refractivity contribution in [2.75, 3.05) is 0 Å². The Hall–Kier alpha value is -1.34. The molecule has 0 spiro atoms. The molecule has 0 N–H and O–H groups in total. The molecule has 1 heterocycles. The van der Waals surface area contributed by atoms with Gasteiger partial charge in [-0.15, -0.1) is 0 Å². The maximum absolute atomic E-state index is 12.5. The van der Waals surface area contributed by atoms with Gasteiger partial charge >= 0.3 is 6.18 Å². The van der Waals surface area contributed by atoms with Crippen molar-refractivity contribution in [2.24, 2.45) is 0 Å². The molecule has 0 radical (unpaired) electrons. The lowest BCUT2D eigenvalue weighted by molar-refractivity contribution is -0.145. The molecule has 2 rings (SSSR count). The molecule has 2 aromatic rings. The summed E-state index contributed by atoms with van der Waals surface area (Å²) in [7, 11) is 0. The Bertz CT molecular complexity index is 622. The highest BCUT2D eigenvalue weighted by molar-refractivity contribution is 9.10. The molecule has 106 valence electrons. The van der Waals surface area contributed by atoms with E-state index < -0.39 is 12.0 Å². The Morgan fingerprint density at radius 2 is 1.90 bits per heavy atom. The van der Waals surface area contributed by atoms with Crippen molar-refractivity contribution in [1.82, 2.24) is 9.97 Å². The third-order valence-electron chi connectivity index (χ3n) is 2.26. The van der Waals surface area contributed by atoms with Crippen LogP contribution in [0.2, 0.25) is 5.15 Å². The zero-order valence-electron chi connectivity index (χ0n) is 9.79. The number of rotatable bonds is 3. The zero-order chi connectivity index (χ0) is 14.8. The molecule has 0 atom stereocenters. The summed E-state index contributed by atoms with van der Waals surface area (Å²) < 4.78 is 43.6. The molecule has 0 unspecified atom stereocenters. The standard InChI is InChI=1S/C12H7BrClF3N2O/c13-8-4-2-1-3-7(8)6-20-10-5-9(14)18-11(19-10)12(15,16)17/h1-5H,6H2. The van der Waals surface area contributed by atoms with E-state index in [0.717, 1.165) is 16.1 Å². The number of aromatic nitrogens is 2. The van der Waals surface area contributed by atoms with Crippen LogP contribution in [0.4, 0.5) is 13.2 Å². The van der Waals surface area contributed by atoms with Crippen LogP contribution in [0.25, 0.3) is 0 Å². The molecule has 0 aliphatic heterocycles. The van der Waals surface area contributed by atoms with Crippen LogP contribution in [0.5, 0.6) is 5.88 Å². The van der Waals surface area contributed by atoms with Gasteiger partial charge in [0.25, 0.3) is 0 Å². The van der Waals surface area contributed by atoms with Gasteiger partial charge in [-0.25, -0.2) is 4.98 Å². The average Bonchev–Trinajstić information content (AvgIpc) is 2.36. The smallest absolute Gasteiger partial charge is 0.451 e. The summed E-state index contributed by atoms with van der Waals surface area (Å²) in [5.41, 5.74) is 0.774. The summed E-state index contributed by atoms with van der Waals surface area (Å²) >= 11 is 8.84. The number of nitrogens with zero attached hydrogens (tertiary/aromatic N) is 2. The molecule has 0 saturated carbocycles. The number of ether oxygens (including phenoxy) is 1. The zero-order valence-corrected chi connectivity index (χ0v) is 12.1. The predicted molar refractivity (Wildman–Crippen MR) is 70.5 cm³/mol. The molecule has 0 fully saturated rings. The van der Waals surface area contributed by atoms with Gasteiger partial charge in [0.2, 0.25) is 11.7 Å². The summed E-state index contributed by atoms with van der Waals surface area (Å²) in [6.45, 7) is 0.0616. The topological polar surface area (TPSA) is 35.0 Å². The van der Waals surface area contributed by atoms with Gasteiger partial charge in [-0.2, -0.15) is 18.2 Å². The van der Waals surface area contributed by atoms with Crippen molar-refractivity contribution in [1.29, 1.82) is 0 Å². The van der Waals surface area contributed by atoms with Gasteiger partial charge in [-0.1, -0.05) is 45.7 Å². The molecule has 20 heavy (non-hydrogen) atoms. The van der Waals surface area contributed by atoms with E-state index >= 15 is 0 Å². The van der Waals surface area contributed by atoms with Crippen LogP contribution in [0.15, 0.2) is 34.8 Å². The first kappa shape index (κ1) is 15.1. The first-order chi connectivity index (χ1) is 9.36. The highest BCUT2D eigenvalue weighted by atomic mass is 79.9. The molecule has 0 aliphatic rings. The summed E-state index contributed by atoms with van der Waals surface area (Å²) in [5, 5.41) is -0.325. The van der Waals surface area contributed by atoms with Crippen molar-refractivity contribution >= 4 is 27.5 Å². The van der Waals surface area contributed by atoms with Crippen LogP contribution < -0.4 is 4.74 Å².